The largest absolute Gasteiger partial charge is 0.330 e. The van der Waals surface area contributed by atoms with Gasteiger partial charge in [0.2, 0.25) is 0 Å². The Morgan fingerprint density at radius 2 is 1.96 bits per heavy atom. The van der Waals surface area contributed by atoms with Crippen molar-refractivity contribution in [3.05, 3.63) is 76.3 Å². The van der Waals surface area contributed by atoms with Crippen molar-refractivity contribution < 1.29 is 0 Å². The van der Waals surface area contributed by atoms with Gasteiger partial charge in [-0.15, -0.1) is 11.6 Å². The average molecular weight is 342 g/mol. The number of rotatable bonds is 6. The molecule has 0 amide bonds. The molecule has 1 aromatic heterocycles. The molecule has 3 aromatic rings. The molecule has 0 aliphatic heterocycles. The quantitative estimate of drug-likeness (QED) is 0.700. The molecule has 2 N–H and O–H groups in total. The van der Waals surface area contributed by atoms with E-state index < -0.39 is 0 Å². The van der Waals surface area contributed by atoms with Crippen LogP contribution in [0.5, 0.6) is 0 Å². The maximum absolute atomic E-state index is 12.6. The van der Waals surface area contributed by atoms with Gasteiger partial charge in [0.05, 0.1) is 22.6 Å². The van der Waals surface area contributed by atoms with Crippen molar-refractivity contribution in [3.8, 4) is 0 Å². The highest BCUT2D eigenvalue weighted by Crippen LogP contribution is 2.25. The number of halogens is 1. The van der Waals surface area contributed by atoms with E-state index in [1.807, 2.05) is 48.5 Å². The lowest BCUT2D eigenvalue weighted by atomic mass is 10.0. The Hall–Kier alpha value is -2.17. The number of hydrogen-bond donors (Lipinski definition) is 1. The summed E-state index contributed by atoms with van der Waals surface area (Å²) in [5, 5.41) is 0.503. The Labute approximate surface area is 145 Å². The van der Waals surface area contributed by atoms with Crippen LogP contribution in [-0.2, 0) is 13.0 Å². The third-order valence-electron chi connectivity index (χ3n) is 4.07. The number of aryl methyl sites for hydroxylation is 1. The molecule has 0 bridgehead atoms. The monoisotopic (exact) mass is 341 g/mol. The molecule has 4 nitrogen and oxygen atoms in total. The van der Waals surface area contributed by atoms with Crippen LogP contribution in [0.25, 0.3) is 10.9 Å². The van der Waals surface area contributed by atoms with Crippen molar-refractivity contribution in [3.63, 3.8) is 0 Å². The molecule has 1 atom stereocenters. The second-order valence-corrected chi connectivity index (χ2v) is 6.35. The molecule has 2 aromatic carbocycles. The second-order valence-electron chi connectivity index (χ2n) is 5.82. The molecule has 0 saturated carbocycles. The second kappa shape index (κ2) is 7.60. The lowest BCUT2D eigenvalue weighted by Gasteiger charge is -2.11. The Balaban J connectivity index is 1.89. The Morgan fingerprint density at radius 1 is 1.17 bits per heavy atom. The average Bonchev–Trinajstić information content (AvgIpc) is 2.62. The molecule has 0 radical (unpaired) electrons. The summed E-state index contributed by atoms with van der Waals surface area (Å²) in [6, 6.07) is 15.7. The number of alkyl halides is 1. The van der Waals surface area contributed by atoms with Crippen molar-refractivity contribution in [2.75, 3.05) is 6.54 Å². The Morgan fingerprint density at radius 3 is 2.71 bits per heavy atom. The number of nitrogens with two attached hydrogens (primary N) is 1. The fourth-order valence-corrected chi connectivity index (χ4v) is 3.06. The fraction of sp³-hybridized carbons (Fsp3) is 0.263. The van der Waals surface area contributed by atoms with E-state index in [9.17, 15) is 4.79 Å². The van der Waals surface area contributed by atoms with Crippen molar-refractivity contribution in [1.29, 1.82) is 0 Å². The van der Waals surface area contributed by atoms with E-state index in [2.05, 4.69) is 4.98 Å². The minimum Gasteiger partial charge on any atom is -0.330 e. The molecular formula is C19H20ClN3O. The van der Waals surface area contributed by atoms with Crippen molar-refractivity contribution in [2.45, 2.75) is 24.8 Å². The molecule has 124 valence electrons. The summed E-state index contributed by atoms with van der Waals surface area (Å²) in [4.78, 5) is 17.0. The van der Waals surface area contributed by atoms with Gasteiger partial charge in [0.15, 0.2) is 0 Å². The third kappa shape index (κ3) is 3.66. The van der Waals surface area contributed by atoms with E-state index in [-0.39, 0.29) is 10.9 Å². The van der Waals surface area contributed by atoms with Crippen molar-refractivity contribution in [1.82, 2.24) is 9.55 Å². The maximum Gasteiger partial charge on any atom is 0.261 e. The summed E-state index contributed by atoms with van der Waals surface area (Å²) in [6.45, 7) is 1.14. The lowest BCUT2D eigenvalue weighted by Crippen LogP contribution is -2.22. The van der Waals surface area contributed by atoms with Gasteiger partial charge in [-0.2, -0.15) is 0 Å². The van der Waals surface area contributed by atoms with Gasteiger partial charge in [0, 0.05) is 6.54 Å². The highest BCUT2D eigenvalue weighted by molar-refractivity contribution is 6.20. The van der Waals surface area contributed by atoms with Gasteiger partial charge >= 0.3 is 0 Å². The smallest absolute Gasteiger partial charge is 0.261 e. The van der Waals surface area contributed by atoms with Gasteiger partial charge in [-0.05, 0) is 42.6 Å². The minimum atomic E-state index is -0.125. The first-order chi connectivity index (χ1) is 11.7. The predicted octanol–water partition coefficient (Wildman–Crippen LogP) is 3.27. The molecular weight excluding hydrogens is 322 g/mol. The Kier molecular flexibility index (Phi) is 5.28. The lowest BCUT2D eigenvalue weighted by molar-refractivity contribution is 0.624. The summed E-state index contributed by atoms with van der Waals surface area (Å²) >= 11 is 6.52. The van der Waals surface area contributed by atoms with E-state index in [0.29, 0.717) is 30.4 Å². The number of fused-ring (bicyclic) bond motifs is 1. The molecule has 0 aliphatic rings. The van der Waals surface area contributed by atoms with E-state index in [1.165, 1.54) is 0 Å². The van der Waals surface area contributed by atoms with Gasteiger partial charge in [-0.25, -0.2) is 4.98 Å². The third-order valence-corrected chi connectivity index (χ3v) is 4.47. The molecule has 0 spiro atoms. The summed E-state index contributed by atoms with van der Waals surface area (Å²) < 4.78 is 1.62. The molecule has 24 heavy (non-hydrogen) atoms. The highest BCUT2D eigenvalue weighted by Gasteiger charge is 2.11. The Bertz CT molecular complexity index is 877. The zero-order valence-electron chi connectivity index (χ0n) is 13.4. The zero-order valence-corrected chi connectivity index (χ0v) is 14.1. The summed E-state index contributed by atoms with van der Waals surface area (Å²) in [7, 11) is 0. The highest BCUT2D eigenvalue weighted by atomic mass is 35.5. The molecule has 5 heteroatoms. The van der Waals surface area contributed by atoms with Crippen LogP contribution in [0.15, 0.2) is 59.7 Å². The van der Waals surface area contributed by atoms with Crippen LogP contribution in [0.4, 0.5) is 0 Å². The first kappa shape index (κ1) is 16.7. The van der Waals surface area contributed by atoms with Crippen molar-refractivity contribution in [2.24, 2.45) is 5.73 Å². The van der Waals surface area contributed by atoms with Crippen LogP contribution in [-0.4, -0.2) is 16.1 Å². The SMILES string of the molecule is NCCCn1cnc2ccc(CC(Cl)c3ccccc3)cc2c1=O. The van der Waals surface area contributed by atoms with E-state index >= 15 is 0 Å². The van der Waals surface area contributed by atoms with Gasteiger partial charge in [0.1, 0.15) is 0 Å². The number of hydrogen-bond acceptors (Lipinski definition) is 3. The first-order valence-corrected chi connectivity index (χ1v) is 8.50. The van der Waals surface area contributed by atoms with Gasteiger partial charge in [0.25, 0.3) is 5.56 Å². The first-order valence-electron chi connectivity index (χ1n) is 8.06. The van der Waals surface area contributed by atoms with Gasteiger partial charge < -0.3 is 5.73 Å². The summed E-state index contributed by atoms with van der Waals surface area (Å²) in [5.74, 6) is 0. The summed E-state index contributed by atoms with van der Waals surface area (Å²) in [5.41, 5.74) is 8.31. The van der Waals surface area contributed by atoms with Crippen LogP contribution in [0, 0.1) is 0 Å². The predicted molar refractivity (Wildman–Crippen MR) is 98.4 cm³/mol. The number of benzene rings is 2. The fourth-order valence-electron chi connectivity index (χ4n) is 2.74. The van der Waals surface area contributed by atoms with E-state index in [1.54, 1.807) is 10.9 Å². The molecule has 0 aliphatic carbocycles. The number of aromatic nitrogens is 2. The van der Waals surface area contributed by atoms with E-state index in [4.69, 9.17) is 17.3 Å². The normalized spacial score (nSPS) is 12.4. The standard InChI is InChI=1S/C19H20ClN3O/c20-17(15-5-2-1-3-6-15)12-14-7-8-18-16(11-14)19(24)23(13-22-18)10-4-9-21/h1-3,5-8,11,13,17H,4,9-10,12,21H2. The molecule has 1 heterocycles. The molecule has 0 fully saturated rings. The van der Waals surface area contributed by atoms with Gasteiger partial charge in [-0.3, -0.25) is 9.36 Å². The summed E-state index contributed by atoms with van der Waals surface area (Å²) in [6.07, 6.45) is 3.01. The van der Waals surface area contributed by atoms with Crippen LogP contribution in [0.2, 0.25) is 0 Å². The van der Waals surface area contributed by atoms with Crippen LogP contribution in [0.1, 0.15) is 22.9 Å². The van der Waals surface area contributed by atoms with E-state index in [0.717, 1.165) is 17.5 Å². The molecule has 0 saturated heterocycles. The maximum atomic E-state index is 12.6. The van der Waals surface area contributed by atoms with Crippen molar-refractivity contribution >= 4 is 22.5 Å². The molecule has 3 rings (SSSR count). The van der Waals surface area contributed by atoms with Crippen LogP contribution >= 0.6 is 11.6 Å². The zero-order chi connectivity index (χ0) is 16.9. The number of nitrogens with zero attached hydrogens (tertiary/aromatic N) is 2. The van der Waals surface area contributed by atoms with Gasteiger partial charge in [-0.1, -0.05) is 36.4 Å². The topological polar surface area (TPSA) is 60.9 Å². The molecule has 1 unspecified atom stereocenters. The minimum absolute atomic E-state index is 0.0267. The van der Waals surface area contributed by atoms with Crippen LogP contribution < -0.4 is 11.3 Å². The van der Waals surface area contributed by atoms with Crippen LogP contribution in [0.3, 0.4) is 0 Å².